The number of halogens is 2. The van der Waals surface area contributed by atoms with Gasteiger partial charge in [-0.15, -0.1) is 0 Å². The molecule has 0 amide bonds. The average molecular weight is 715 g/mol. The van der Waals surface area contributed by atoms with Gasteiger partial charge in [-0.2, -0.15) is 0 Å². The molecule has 4 aliphatic rings. The third kappa shape index (κ3) is 7.12. The molecule has 4 heteroatoms. The van der Waals surface area contributed by atoms with E-state index >= 15 is 0 Å². The molecule has 35 heavy (non-hydrogen) atoms. The predicted octanol–water partition coefficient (Wildman–Crippen LogP) is 10.8. The van der Waals surface area contributed by atoms with Crippen molar-refractivity contribution in [3.63, 3.8) is 0 Å². The minimum Gasteiger partial charge on any atom is -0.463 e. The Balaban J connectivity index is 0.00000103. The van der Waals surface area contributed by atoms with Gasteiger partial charge in [0.2, 0.25) is 0 Å². The normalized spacial score (nSPS) is 40.7. The summed E-state index contributed by atoms with van der Waals surface area (Å²) in [6, 6.07) is 0. The Morgan fingerprint density at radius 2 is 1.51 bits per heavy atom. The number of fused-ring (bicyclic) bond motifs is 5. The fourth-order valence-corrected chi connectivity index (χ4v) is 9.59. The van der Waals surface area contributed by atoms with Crippen LogP contribution in [0.3, 0.4) is 0 Å². The van der Waals surface area contributed by atoms with Crippen LogP contribution in [0.1, 0.15) is 132 Å². The third-order valence-electron chi connectivity index (χ3n) is 11.2. The molecule has 4 unspecified atom stereocenters. The maximum atomic E-state index is 11.5. The first-order valence-electron chi connectivity index (χ1n) is 15.0. The summed E-state index contributed by atoms with van der Waals surface area (Å²) in [4.78, 5) is 11.5. The van der Waals surface area contributed by atoms with Gasteiger partial charge in [-0.1, -0.05) is 67.7 Å². The first-order valence-corrected chi connectivity index (χ1v) is 21.2. The molecule has 206 valence electrons. The summed E-state index contributed by atoms with van der Waals surface area (Å²) in [7, 11) is 0. The van der Waals surface area contributed by atoms with Gasteiger partial charge in [0.05, 0.1) is 0 Å². The summed E-state index contributed by atoms with van der Waals surface area (Å²) < 4.78 is 5.65. The van der Waals surface area contributed by atoms with Crippen LogP contribution in [0.2, 0.25) is 0 Å². The second-order valence-corrected chi connectivity index (χ2v) is 13.2. The lowest BCUT2D eigenvalue weighted by atomic mass is 9.44. The van der Waals surface area contributed by atoms with Gasteiger partial charge in [-0.25, -0.2) is 0 Å². The van der Waals surface area contributed by atoms with E-state index in [0.717, 1.165) is 54.3 Å². The van der Waals surface area contributed by atoms with E-state index in [1.807, 2.05) is 13.8 Å². The molecule has 0 aromatic carbocycles. The van der Waals surface area contributed by atoms with Crippen molar-refractivity contribution in [1.82, 2.24) is 0 Å². The van der Waals surface area contributed by atoms with Crippen LogP contribution in [0.5, 0.6) is 0 Å². The maximum Gasteiger partial charge on any atom is 0.302 e. The van der Waals surface area contributed by atoms with Crippen molar-refractivity contribution in [3.8, 4) is 0 Å². The quantitative estimate of drug-likeness (QED) is 0.202. The van der Waals surface area contributed by atoms with Gasteiger partial charge in [0.25, 0.3) is 0 Å². The SMILES string of the molecule is CC.CC(=O)OC1CCC2(C)[C@@H](CCC3[C@@H]2CCC2(C)[C@@H]([C@H](C)CCCC(C)C)CC[C@@H]32)C1.II. The van der Waals surface area contributed by atoms with Crippen LogP contribution in [-0.2, 0) is 9.53 Å². The van der Waals surface area contributed by atoms with Gasteiger partial charge in [-0.05, 0) is 110 Å². The van der Waals surface area contributed by atoms with Gasteiger partial charge in [0.15, 0.2) is 0 Å². The molecule has 0 aliphatic heterocycles. The second-order valence-electron chi connectivity index (χ2n) is 13.2. The van der Waals surface area contributed by atoms with Gasteiger partial charge in [0.1, 0.15) is 6.10 Å². The van der Waals surface area contributed by atoms with E-state index in [0.29, 0.717) is 10.8 Å². The van der Waals surface area contributed by atoms with Crippen LogP contribution >= 0.6 is 37.2 Å². The van der Waals surface area contributed by atoms with Crippen LogP contribution < -0.4 is 0 Å². The van der Waals surface area contributed by atoms with Crippen molar-refractivity contribution in [3.05, 3.63) is 0 Å². The lowest BCUT2D eigenvalue weighted by Gasteiger charge is -2.61. The Hall–Kier alpha value is 0.930. The standard InChI is InChI=1S/C29H50O2.C2H6.I2/c1-19(2)8-7-9-20(3)25-12-13-26-24-11-10-22-18-23(31-21(4)30)14-16-28(22,5)27(24)15-17-29(25,26)6;2*1-2/h19-20,22-27H,7-18H2,1-6H3;1-2H3;/t20-,22+,23?,24?,25-,26+,27+,28?,29?;;/m1../s1. The number of hydrogen-bond acceptors (Lipinski definition) is 2. The van der Waals surface area contributed by atoms with Crippen molar-refractivity contribution in [2.24, 2.45) is 52.3 Å². The molecule has 4 aliphatic carbocycles. The number of carbonyl (C=O) groups is 1. The zero-order valence-electron chi connectivity index (χ0n) is 24.2. The van der Waals surface area contributed by atoms with Crippen molar-refractivity contribution < 1.29 is 9.53 Å². The van der Waals surface area contributed by atoms with Crippen LogP contribution in [0.4, 0.5) is 0 Å². The monoisotopic (exact) mass is 714 g/mol. The first-order chi connectivity index (χ1) is 16.6. The molecule has 4 fully saturated rings. The molecule has 0 spiro atoms. The number of carbonyl (C=O) groups excluding carboxylic acids is 1. The Bertz CT molecular complexity index is 652. The third-order valence-corrected chi connectivity index (χ3v) is 11.2. The van der Waals surface area contributed by atoms with Gasteiger partial charge in [0, 0.05) is 44.2 Å². The lowest BCUT2D eigenvalue weighted by Crippen LogP contribution is -2.54. The summed E-state index contributed by atoms with van der Waals surface area (Å²) in [5.74, 6) is 6.22. The van der Waals surface area contributed by atoms with Gasteiger partial charge < -0.3 is 4.74 Å². The Morgan fingerprint density at radius 1 is 0.886 bits per heavy atom. The first kappa shape index (κ1) is 32.1. The Kier molecular flexibility index (Phi) is 13.2. The molecule has 4 saturated carbocycles. The zero-order chi connectivity index (χ0) is 26.4. The molecular weight excluding hydrogens is 658 g/mol. The highest BCUT2D eigenvalue weighted by Gasteiger charge is 2.60. The zero-order valence-corrected chi connectivity index (χ0v) is 28.5. The molecule has 0 N–H and O–H groups in total. The van der Waals surface area contributed by atoms with Gasteiger partial charge >= 0.3 is 5.97 Å². The van der Waals surface area contributed by atoms with E-state index in [9.17, 15) is 4.79 Å². The van der Waals surface area contributed by atoms with Crippen molar-refractivity contribution >= 4 is 43.2 Å². The van der Waals surface area contributed by atoms with Gasteiger partial charge in [-0.3, -0.25) is 4.79 Å². The molecule has 0 heterocycles. The predicted molar refractivity (Wildman–Crippen MR) is 168 cm³/mol. The fourth-order valence-electron chi connectivity index (χ4n) is 9.59. The van der Waals surface area contributed by atoms with E-state index < -0.39 is 0 Å². The van der Waals surface area contributed by atoms with Crippen LogP contribution in [-0.4, -0.2) is 12.1 Å². The molecule has 0 bridgehead atoms. The largest absolute Gasteiger partial charge is 0.463 e. The summed E-state index contributed by atoms with van der Waals surface area (Å²) >= 11 is 4.24. The minimum atomic E-state index is -0.0877. The number of rotatable bonds is 6. The molecule has 0 aromatic heterocycles. The second kappa shape index (κ2) is 14.4. The molecule has 4 rings (SSSR count). The van der Waals surface area contributed by atoms with Crippen molar-refractivity contribution in [2.75, 3.05) is 0 Å². The lowest BCUT2D eigenvalue weighted by molar-refractivity contribution is -0.160. The molecule has 0 saturated heterocycles. The van der Waals surface area contributed by atoms with E-state index in [1.54, 1.807) is 6.92 Å². The molecule has 9 atom stereocenters. The van der Waals surface area contributed by atoms with E-state index in [1.165, 1.54) is 64.2 Å². The number of ether oxygens (including phenoxy) is 1. The Morgan fingerprint density at radius 3 is 2.14 bits per heavy atom. The summed E-state index contributed by atoms with van der Waals surface area (Å²) in [6.07, 6.45) is 16.6. The average Bonchev–Trinajstić information content (AvgIpc) is 3.18. The fraction of sp³-hybridized carbons (Fsp3) is 0.968. The summed E-state index contributed by atoms with van der Waals surface area (Å²) in [6.45, 7) is 18.2. The van der Waals surface area contributed by atoms with Crippen LogP contribution in [0, 0.1) is 52.3 Å². The molecular formula is C31H56I2O2. The number of hydrogen-bond donors (Lipinski definition) is 0. The van der Waals surface area contributed by atoms with Crippen molar-refractivity contribution in [2.45, 2.75) is 139 Å². The van der Waals surface area contributed by atoms with Crippen LogP contribution in [0.25, 0.3) is 0 Å². The van der Waals surface area contributed by atoms with E-state index in [2.05, 4.69) is 71.9 Å². The van der Waals surface area contributed by atoms with Crippen LogP contribution in [0.15, 0.2) is 0 Å². The highest BCUT2D eigenvalue weighted by Crippen LogP contribution is 2.68. The molecule has 0 radical (unpaired) electrons. The Labute approximate surface area is 242 Å². The summed E-state index contributed by atoms with van der Waals surface area (Å²) in [5, 5.41) is 0. The highest BCUT2D eigenvalue weighted by atomic mass is 128. The van der Waals surface area contributed by atoms with E-state index in [-0.39, 0.29) is 12.1 Å². The maximum absolute atomic E-state index is 11.5. The highest BCUT2D eigenvalue weighted by molar-refractivity contribution is 15.0. The smallest absolute Gasteiger partial charge is 0.302 e. The van der Waals surface area contributed by atoms with E-state index in [4.69, 9.17) is 4.74 Å². The summed E-state index contributed by atoms with van der Waals surface area (Å²) in [5.41, 5.74) is 1.08. The topological polar surface area (TPSA) is 26.3 Å². The molecule has 2 nitrogen and oxygen atoms in total. The molecule has 0 aromatic rings. The van der Waals surface area contributed by atoms with Crippen molar-refractivity contribution in [1.29, 1.82) is 0 Å². The number of esters is 1. The minimum absolute atomic E-state index is 0.0877.